The van der Waals surface area contributed by atoms with E-state index in [-0.39, 0.29) is 5.75 Å². The molecule has 0 saturated heterocycles. The Morgan fingerprint density at radius 3 is 2.62 bits per heavy atom. The van der Waals surface area contributed by atoms with Gasteiger partial charge in [-0.25, -0.2) is 4.98 Å². The molecule has 21 heavy (non-hydrogen) atoms. The van der Waals surface area contributed by atoms with Crippen LogP contribution in [0.4, 0.5) is 0 Å². The molecule has 3 heterocycles. The van der Waals surface area contributed by atoms with Crippen LogP contribution in [0.1, 0.15) is 0 Å². The molecule has 0 aliphatic heterocycles. The molecular weight excluding hydrogens is 280 g/mol. The van der Waals surface area contributed by atoms with Crippen molar-refractivity contribution < 1.29 is 5.11 Å². The number of thiophene rings is 1. The van der Waals surface area contributed by atoms with E-state index in [4.69, 9.17) is 0 Å². The number of phenolic OH excluding ortho intramolecular Hbond substituents is 1. The lowest BCUT2D eigenvalue weighted by molar-refractivity contribution is 0.475. The van der Waals surface area contributed by atoms with Crippen molar-refractivity contribution in [3.63, 3.8) is 0 Å². The summed E-state index contributed by atoms with van der Waals surface area (Å²) < 4.78 is 0. The molecule has 3 aromatic heterocycles. The van der Waals surface area contributed by atoms with Crippen LogP contribution in [0.5, 0.6) is 5.75 Å². The molecule has 0 spiro atoms. The van der Waals surface area contributed by atoms with Crippen LogP contribution in [0.25, 0.3) is 33.3 Å². The highest BCUT2D eigenvalue weighted by Gasteiger charge is 2.09. The average Bonchev–Trinajstić information content (AvgIpc) is 3.17. The summed E-state index contributed by atoms with van der Waals surface area (Å²) in [6, 6.07) is 11.5. The summed E-state index contributed by atoms with van der Waals surface area (Å²) in [5.41, 5.74) is 5.32. The number of fused-ring (bicyclic) bond motifs is 1. The number of aromatic nitrogens is 2. The number of aromatic hydroxyl groups is 1. The van der Waals surface area contributed by atoms with Gasteiger partial charge in [-0.1, -0.05) is 12.1 Å². The Kier molecular flexibility index (Phi) is 2.75. The minimum atomic E-state index is 0.274. The van der Waals surface area contributed by atoms with E-state index in [1.54, 1.807) is 23.5 Å². The van der Waals surface area contributed by atoms with E-state index in [0.29, 0.717) is 0 Å². The third-order valence-electron chi connectivity index (χ3n) is 3.56. The van der Waals surface area contributed by atoms with Crippen LogP contribution in [0, 0.1) is 0 Å². The van der Waals surface area contributed by atoms with E-state index < -0.39 is 0 Å². The number of H-pyrrole nitrogens is 1. The third-order valence-corrected chi connectivity index (χ3v) is 4.25. The quantitative estimate of drug-likeness (QED) is 0.564. The van der Waals surface area contributed by atoms with Gasteiger partial charge in [-0.15, -0.1) is 0 Å². The van der Waals surface area contributed by atoms with Crippen LogP contribution in [0.3, 0.4) is 0 Å². The lowest BCUT2D eigenvalue weighted by Crippen LogP contribution is -1.81. The number of pyridine rings is 1. The fourth-order valence-electron chi connectivity index (χ4n) is 2.47. The van der Waals surface area contributed by atoms with Gasteiger partial charge in [0, 0.05) is 28.9 Å². The highest BCUT2D eigenvalue weighted by atomic mass is 32.1. The largest absolute Gasteiger partial charge is 0.508 e. The summed E-state index contributed by atoms with van der Waals surface area (Å²) in [4.78, 5) is 7.70. The summed E-state index contributed by atoms with van der Waals surface area (Å²) in [6.07, 6.45) is 3.85. The second-order valence-electron chi connectivity index (χ2n) is 4.88. The molecule has 0 aliphatic rings. The van der Waals surface area contributed by atoms with Gasteiger partial charge in [0.2, 0.25) is 0 Å². The van der Waals surface area contributed by atoms with Crippen molar-refractivity contribution in [2.45, 2.75) is 0 Å². The number of phenols is 1. The highest BCUT2D eigenvalue weighted by molar-refractivity contribution is 7.08. The second-order valence-corrected chi connectivity index (χ2v) is 5.66. The molecule has 4 rings (SSSR count). The van der Waals surface area contributed by atoms with E-state index in [9.17, 15) is 5.11 Å². The van der Waals surface area contributed by atoms with Crippen molar-refractivity contribution in [3.8, 4) is 28.0 Å². The summed E-state index contributed by atoms with van der Waals surface area (Å²) in [7, 11) is 0. The smallest absolute Gasteiger partial charge is 0.137 e. The van der Waals surface area contributed by atoms with Gasteiger partial charge in [-0.05, 0) is 46.2 Å². The molecule has 3 nitrogen and oxygen atoms in total. The number of benzene rings is 1. The number of aromatic amines is 1. The predicted octanol–water partition coefficient (Wildman–Crippen LogP) is 4.66. The van der Waals surface area contributed by atoms with Gasteiger partial charge < -0.3 is 10.1 Å². The molecule has 1 aromatic carbocycles. The Labute approximate surface area is 125 Å². The van der Waals surface area contributed by atoms with E-state index in [0.717, 1.165) is 27.7 Å². The van der Waals surface area contributed by atoms with Crippen molar-refractivity contribution in [1.29, 1.82) is 0 Å². The van der Waals surface area contributed by atoms with Crippen LogP contribution in [0.2, 0.25) is 0 Å². The zero-order valence-electron chi connectivity index (χ0n) is 11.1. The maximum Gasteiger partial charge on any atom is 0.137 e. The average molecular weight is 292 g/mol. The molecule has 0 fully saturated rings. The third kappa shape index (κ3) is 2.10. The van der Waals surface area contributed by atoms with E-state index >= 15 is 0 Å². The fraction of sp³-hybridized carbons (Fsp3) is 0. The maximum absolute atomic E-state index is 9.42. The van der Waals surface area contributed by atoms with Crippen molar-refractivity contribution >= 4 is 22.4 Å². The van der Waals surface area contributed by atoms with Crippen LogP contribution in [-0.4, -0.2) is 15.1 Å². The summed E-state index contributed by atoms with van der Waals surface area (Å²) in [6.45, 7) is 0. The first-order valence-corrected chi connectivity index (χ1v) is 7.55. The number of nitrogens with one attached hydrogen (secondary N) is 1. The number of nitrogens with zero attached hydrogens (tertiary/aromatic N) is 1. The van der Waals surface area contributed by atoms with Gasteiger partial charge in [0.1, 0.15) is 11.4 Å². The van der Waals surface area contributed by atoms with Crippen molar-refractivity contribution in [2.24, 2.45) is 0 Å². The number of rotatable bonds is 2. The Morgan fingerprint density at radius 1 is 1.00 bits per heavy atom. The van der Waals surface area contributed by atoms with Crippen LogP contribution in [-0.2, 0) is 0 Å². The molecule has 0 atom stereocenters. The van der Waals surface area contributed by atoms with Crippen molar-refractivity contribution in [2.75, 3.05) is 0 Å². The minimum Gasteiger partial charge on any atom is -0.508 e. The highest BCUT2D eigenvalue weighted by Crippen LogP contribution is 2.32. The van der Waals surface area contributed by atoms with Gasteiger partial charge in [0.05, 0.1) is 0 Å². The van der Waals surface area contributed by atoms with E-state index in [1.165, 1.54) is 5.56 Å². The Morgan fingerprint density at radius 2 is 1.86 bits per heavy atom. The van der Waals surface area contributed by atoms with Gasteiger partial charge in [-0.2, -0.15) is 11.3 Å². The SMILES string of the molecule is Oc1ccc(-c2c[nH]c3ncc(-c4ccsc4)cc23)cc1. The van der Waals surface area contributed by atoms with E-state index in [2.05, 4.69) is 32.9 Å². The van der Waals surface area contributed by atoms with Gasteiger partial charge >= 0.3 is 0 Å². The summed E-state index contributed by atoms with van der Waals surface area (Å²) in [5, 5.41) is 14.7. The molecule has 0 amide bonds. The van der Waals surface area contributed by atoms with Crippen LogP contribution >= 0.6 is 11.3 Å². The Bertz CT molecular complexity index is 892. The summed E-state index contributed by atoms with van der Waals surface area (Å²) in [5.74, 6) is 0.274. The molecule has 0 saturated carbocycles. The first kappa shape index (κ1) is 12.2. The first-order valence-electron chi connectivity index (χ1n) is 6.60. The summed E-state index contributed by atoms with van der Waals surface area (Å²) >= 11 is 1.68. The zero-order chi connectivity index (χ0) is 14.2. The topological polar surface area (TPSA) is 48.9 Å². The van der Waals surface area contributed by atoms with Gasteiger partial charge in [-0.3, -0.25) is 0 Å². The molecule has 4 heteroatoms. The fourth-order valence-corrected chi connectivity index (χ4v) is 3.13. The molecule has 4 aromatic rings. The standard InChI is InChI=1S/C17H12N2OS/c20-14-3-1-11(2-4-14)16-9-19-17-15(16)7-13(8-18-17)12-5-6-21-10-12/h1-10,20H,(H,18,19). The zero-order valence-corrected chi connectivity index (χ0v) is 11.9. The van der Waals surface area contributed by atoms with E-state index in [1.807, 2.05) is 24.5 Å². The second kappa shape index (κ2) is 4.75. The molecule has 0 radical (unpaired) electrons. The lowest BCUT2D eigenvalue weighted by atomic mass is 10.0. The molecular formula is C17H12N2OS. The van der Waals surface area contributed by atoms with Gasteiger partial charge in [0.25, 0.3) is 0 Å². The predicted molar refractivity (Wildman–Crippen MR) is 86.5 cm³/mol. The molecule has 102 valence electrons. The molecule has 0 unspecified atom stereocenters. The monoisotopic (exact) mass is 292 g/mol. The molecule has 0 bridgehead atoms. The Balaban J connectivity index is 1.90. The van der Waals surface area contributed by atoms with Crippen molar-refractivity contribution in [1.82, 2.24) is 9.97 Å². The normalized spacial score (nSPS) is 11.0. The maximum atomic E-state index is 9.42. The van der Waals surface area contributed by atoms with Crippen LogP contribution in [0.15, 0.2) is 59.6 Å². The number of hydrogen-bond acceptors (Lipinski definition) is 3. The lowest BCUT2D eigenvalue weighted by Gasteiger charge is -2.02. The van der Waals surface area contributed by atoms with Gasteiger partial charge in [0.15, 0.2) is 0 Å². The number of hydrogen-bond donors (Lipinski definition) is 2. The van der Waals surface area contributed by atoms with Crippen LogP contribution < -0.4 is 0 Å². The minimum absolute atomic E-state index is 0.274. The first-order chi connectivity index (χ1) is 10.3. The Hall–Kier alpha value is -2.59. The molecule has 2 N–H and O–H groups in total. The van der Waals surface area contributed by atoms with Crippen molar-refractivity contribution in [3.05, 3.63) is 59.6 Å². The molecule has 0 aliphatic carbocycles.